The fourth-order valence-corrected chi connectivity index (χ4v) is 3.44. The third-order valence-electron chi connectivity index (χ3n) is 4.88. The van der Waals surface area contributed by atoms with E-state index in [9.17, 15) is 14.7 Å². The van der Waals surface area contributed by atoms with Crippen LogP contribution in [0.4, 0.5) is 0 Å². The summed E-state index contributed by atoms with van der Waals surface area (Å²) in [5.74, 6) is -0.952. The van der Waals surface area contributed by atoms with Gasteiger partial charge in [-0.05, 0) is 42.7 Å². The summed E-state index contributed by atoms with van der Waals surface area (Å²) in [7, 11) is 0. The number of rotatable bonds is 8. The van der Waals surface area contributed by atoms with Crippen LogP contribution in [0.2, 0.25) is 0 Å². The fourth-order valence-electron chi connectivity index (χ4n) is 3.44. The number of hydrogen-bond acceptors (Lipinski definition) is 3. The van der Waals surface area contributed by atoms with Crippen LogP contribution in [0.25, 0.3) is 10.9 Å². The van der Waals surface area contributed by atoms with Gasteiger partial charge in [0.2, 0.25) is 5.91 Å². The van der Waals surface area contributed by atoms with Gasteiger partial charge < -0.3 is 20.1 Å². The Morgan fingerprint density at radius 1 is 1.18 bits per heavy atom. The predicted octanol–water partition coefficient (Wildman–Crippen LogP) is 3.27. The van der Waals surface area contributed by atoms with Crippen molar-refractivity contribution in [1.82, 2.24) is 4.57 Å². The molecule has 0 spiro atoms. The van der Waals surface area contributed by atoms with E-state index in [1.54, 1.807) is 19.1 Å². The van der Waals surface area contributed by atoms with E-state index in [0.717, 1.165) is 27.7 Å². The topological polar surface area (TPSA) is 94.5 Å². The molecule has 0 fully saturated rings. The van der Waals surface area contributed by atoms with E-state index < -0.39 is 18.0 Å². The number of benzene rings is 2. The van der Waals surface area contributed by atoms with Crippen molar-refractivity contribution in [2.24, 2.45) is 5.73 Å². The first-order valence-corrected chi connectivity index (χ1v) is 9.24. The van der Waals surface area contributed by atoms with Crippen molar-refractivity contribution in [2.75, 3.05) is 0 Å². The smallest absolute Gasteiger partial charge is 0.344 e. The second-order valence-electron chi connectivity index (χ2n) is 6.81. The van der Waals surface area contributed by atoms with Gasteiger partial charge in [-0.2, -0.15) is 0 Å². The molecule has 6 nitrogen and oxygen atoms in total. The maximum absolute atomic E-state index is 11.6. The van der Waals surface area contributed by atoms with Crippen molar-refractivity contribution < 1.29 is 19.4 Å². The first-order valence-electron chi connectivity index (χ1n) is 9.24. The van der Waals surface area contributed by atoms with Crippen LogP contribution in [-0.2, 0) is 22.6 Å². The molecular formula is C22H24N2O4. The molecule has 1 amide bonds. The molecule has 6 heteroatoms. The fraction of sp³-hybridized carbons (Fsp3) is 0.273. The summed E-state index contributed by atoms with van der Waals surface area (Å²) < 4.78 is 7.78. The molecule has 2 aromatic carbocycles. The maximum Gasteiger partial charge on any atom is 0.344 e. The molecule has 28 heavy (non-hydrogen) atoms. The van der Waals surface area contributed by atoms with E-state index in [2.05, 4.69) is 16.7 Å². The van der Waals surface area contributed by atoms with Crippen LogP contribution in [-0.4, -0.2) is 27.7 Å². The number of hydrogen-bond donors (Lipinski definition) is 2. The number of nitrogens with two attached hydrogens (primary N) is 1. The molecular weight excluding hydrogens is 356 g/mol. The third-order valence-corrected chi connectivity index (χ3v) is 4.88. The monoisotopic (exact) mass is 380 g/mol. The summed E-state index contributed by atoms with van der Waals surface area (Å²) in [4.78, 5) is 22.9. The van der Waals surface area contributed by atoms with Gasteiger partial charge in [0.05, 0.1) is 6.42 Å². The molecule has 0 saturated heterocycles. The van der Waals surface area contributed by atoms with Crippen LogP contribution in [0.1, 0.15) is 30.2 Å². The highest BCUT2D eigenvalue weighted by atomic mass is 16.5. The minimum atomic E-state index is -1.00. The zero-order valence-electron chi connectivity index (χ0n) is 16.0. The number of fused-ring (bicyclic) bond motifs is 1. The number of amides is 1. The van der Waals surface area contributed by atoms with Crippen molar-refractivity contribution in [3.05, 3.63) is 65.4 Å². The molecule has 1 unspecified atom stereocenters. The number of nitrogens with zero attached hydrogens (tertiary/aromatic N) is 1. The second-order valence-corrected chi connectivity index (χ2v) is 6.81. The minimum Gasteiger partial charge on any atom is -0.479 e. The number of ether oxygens (including phenoxy) is 1. The number of primary amides is 1. The lowest BCUT2D eigenvalue weighted by Gasteiger charge is -2.13. The van der Waals surface area contributed by atoms with Crippen LogP contribution in [0.5, 0.6) is 5.75 Å². The molecule has 0 aliphatic heterocycles. The summed E-state index contributed by atoms with van der Waals surface area (Å²) >= 11 is 0. The first-order chi connectivity index (χ1) is 13.4. The van der Waals surface area contributed by atoms with Gasteiger partial charge in [-0.1, -0.05) is 37.3 Å². The van der Waals surface area contributed by atoms with Gasteiger partial charge in [0.15, 0.2) is 6.10 Å². The molecule has 0 aliphatic carbocycles. The SMILES string of the molecule is CCC(Oc1ccc2c(c1)c(CC(N)=O)c(C)n2Cc1ccccc1)C(=O)O. The molecule has 1 atom stereocenters. The normalized spacial score (nSPS) is 12.1. The minimum absolute atomic E-state index is 0.115. The van der Waals surface area contributed by atoms with Crippen LogP contribution in [0, 0.1) is 6.92 Å². The Labute approximate surface area is 163 Å². The summed E-state index contributed by atoms with van der Waals surface area (Å²) in [6.07, 6.45) is -0.441. The molecule has 3 aromatic rings. The van der Waals surface area contributed by atoms with Crippen molar-refractivity contribution in [3.8, 4) is 5.75 Å². The van der Waals surface area contributed by atoms with Crippen molar-refractivity contribution >= 4 is 22.8 Å². The number of aromatic nitrogens is 1. The lowest BCUT2D eigenvalue weighted by molar-refractivity contribution is -0.145. The average Bonchev–Trinajstić information content (AvgIpc) is 2.91. The Hall–Kier alpha value is -3.28. The largest absolute Gasteiger partial charge is 0.479 e. The van der Waals surface area contributed by atoms with Crippen molar-refractivity contribution in [1.29, 1.82) is 0 Å². The highest BCUT2D eigenvalue weighted by Gasteiger charge is 2.20. The summed E-state index contributed by atoms with van der Waals surface area (Å²) in [6, 6.07) is 15.5. The Balaban J connectivity index is 2.08. The van der Waals surface area contributed by atoms with Crippen molar-refractivity contribution in [2.45, 2.75) is 39.3 Å². The standard InChI is InChI=1S/C22H24N2O4/c1-3-20(22(26)27)28-16-9-10-19-18(11-16)17(12-21(23)25)14(2)24(19)13-15-7-5-4-6-8-15/h4-11,20H,3,12-13H2,1-2H3,(H2,23,25)(H,26,27). The Morgan fingerprint density at radius 3 is 2.50 bits per heavy atom. The van der Waals surface area contributed by atoms with Gasteiger partial charge in [-0.25, -0.2) is 4.79 Å². The lowest BCUT2D eigenvalue weighted by Crippen LogP contribution is -2.25. The van der Waals surface area contributed by atoms with E-state index in [-0.39, 0.29) is 6.42 Å². The molecule has 3 N–H and O–H groups in total. The quantitative estimate of drug-likeness (QED) is 0.627. The zero-order valence-corrected chi connectivity index (χ0v) is 16.0. The van der Waals surface area contributed by atoms with Crippen LogP contribution in [0.15, 0.2) is 48.5 Å². The number of aliphatic carboxylic acids is 1. The van der Waals surface area contributed by atoms with E-state index in [0.29, 0.717) is 18.7 Å². The molecule has 0 radical (unpaired) electrons. The zero-order chi connectivity index (χ0) is 20.3. The molecule has 1 heterocycles. The van der Waals surface area contributed by atoms with Gasteiger partial charge in [0.25, 0.3) is 0 Å². The molecule has 146 valence electrons. The van der Waals surface area contributed by atoms with Gasteiger partial charge in [0.1, 0.15) is 5.75 Å². The number of carbonyl (C=O) groups excluding carboxylic acids is 1. The third kappa shape index (κ3) is 4.01. The van der Waals surface area contributed by atoms with E-state index in [1.807, 2.05) is 31.2 Å². The van der Waals surface area contributed by atoms with Crippen LogP contribution >= 0.6 is 0 Å². The van der Waals surface area contributed by atoms with Gasteiger partial charge in [-0.15, -0.1) is 0 Å². The predicted molar refractivity (Wildman–Crippen MR) is 107 cm³/mol. The van der Waals surface area contributed by atoms with Gasteiger partial charge in [0, 0.05) is 23.1 Å². The number of carboxylic acids is 1. The summed E-state index contributed by atoms with van der Waals surface area (Å²) in [6.45, 7) is 4.39. The molecule has 0 bridgehead atoms. The maximum atomic E-state index is 11.6. The first kappa shape index (κ1) is 19.5. The highest BCUT2D eigenvalue weighted by Crippen LogP contribution is 2.31. The van der Waals surface area contributed by atoms with Crippen LogP contribution in [0.3, 0.4) is 0 Å². The Kier molecular flexibility index (Phi) is 5.68. The van der Waals surface area contributed by atoms with Gasteiger partial charge >= 0.3 is 5.97 Å². The molecule has 0 saturated carbocycles. The lowest BCUT2D eigenvalue weighted by atomic mass is 10.1. The average molecular weight is 380 g/mol. The molecule has 1 aromatic heterocycles. The van der Waals surface area contributed by atoms with Gasteiger partial charge in [-0.3, -0.25) is 4.79 Å². The summed E-state index contributed by atoms with van der Waals surface area (Å²) in [5, 5.41) is 10.1. The number of carbonyl (C=O) groups is 2. The van der Waals surface area contributed by atoms with Crippen LogP contribution < -0.4 is 10.5 Å². The number of carboxylic acid groups (broad SMARTS) is 1. The van der Waals surface area contributed by atoms with E-state index in [4.69, 9.17) is 10.5 Å². The Morgan fingerprint density at radius 2 is 1.89 bits per heavy atom. The second kappa shape index (κ2) is 8.17. The molecule has 0 aliphatic rings. The Bertz CT molecular complexity index is 1010. The molecule has 3 rings (SSSR count). The van der Waals surface area contributed by atoms with Crippen molar-refractivity contribution in [3.63, 3.8) is 0 Å². The van der Waals surface area contributed by atoms with E-state index >= 15 is 0 Å². The summed E-state index contributed by atoms with van der Waals surface area (Å²) in [5.41, 5.74) is 9.36. The highest BCUT2D eigenvalue weighted by molar-refractivity contribution is 5.91. The van der Waals surface area contributed by atoms with E-state index in [1.165, 1.54) is 0 Å².